The Hall–Kier alpha value is -3.26. The molecule has 0 bridgehead atoms. The number of hydrogen-bond acceptors (Lipinski definition) is 2. The molecule has 2 heterocycles. The van der Waals surface area contributed by atoms with Crippen LogP contribution >= 0.6 is 7.26 Å². The number of nitrogens with zero attached hydrogens (tertiary/aromatic N) is 2. The number of likely N-dealkylation sites (tertiary alicyclic amines) is 2. The first kappa shape index (κ1) is 24.1. The Labute approximate surface area is 221 Å². The van der Waals surface area contributed by atoms with E-state index in [-0.39, 0.29) is 5.66 Å². The van der Waals surface area contributed by atoms with E-state index in [9.17, 15) is 4.79 Å². The van der Waals surface area contributed by atoms with Crippen molar-refractivity contribution in [3.8, 4) is 0 Å². The van der Waals surface area contributed by atoms with Crippen molar-refractivity contribution in [2.45, 2.75) is 31.1 Å². The normalized spacial score (nSPS) is 20.9. The summed E-state index contributed by atoms with van der Waals surface area (Å²) in [7, 11) is -2.63. The van der Waals surface area contributed by atoms with Crippen LogP contribution in [0.1, 0.15) is 18.4 Å². The summed E-state index contributed by atoms with van der Waals surface area (Å²) in [4.78, 5) is 19.2. The fourth-order valence-electron chi connectivity index (χ4n) is 6.72. The molecular weight excluding hydrogens is 471 g/mol. The molecule has 2 aliphatic rings. The predicted octanol–water partition coefficient (Wildman–Crippen LogP) is 4.59. The third kappa shape index (κ3) is 4.52. The fourth-order valence-corrected chi connectivity index (χ4v) is 12.2. The van der Waals surface area contributed by atoms with Gasteiger partial charge in [-0.1, -0.05) is 0 Å². The summed E-state index contributed by atoms with van der Waals surface area (Å²) < 4.78 is 0. The van der Waals surface area contributed by atoms with Gasteiger partial charge in [-0.3, -0.25) is 0 Å². The van der Waals surface area contributed by atoms with Crippen molar-refractivity contribution >= 4 is 29.1 Å². The Kier molecular flexibility index (Phi) is 6.91. The molecule has 6 rings (SSSR count). The first-order chi connectivity index (χ1) is 18.3. The number of rotatable bonds is 7. The van der Waals surface area contributed by atoms with Gasteiger partial charge in [-0.2, -0.15) is 0 Å². The second kappa shape index (κ2) is 10.6. The van der Waals surface area contributed by atoms with E-state index in [1.54, 1.807) is 0 Å². The summed E-state index contributed by atoms with van der Waals surface area (Å²) in [5.41, 5.74) is 1.33. The molecule has 2 fully saturated rings. The van der Waals surface area contributed by atoms with E-state index in [1.165, 1.54) is 21.5 Å². The standard InChI is InChI=1S/C33H35N2OP/c36-33-32(22-24-35(33)28-21-23-34(26-28)25-27-13-5-1-6-14-27)37(29-15-7-2-8-16-29,30-17-9-3-10-18-30)31-19-11-4-12-20-31/h1-20,28,32,37H,21-26H2/t28-,32-/m1/s1. The number of carbonyl (C=O) groups is 1. The Balaban J connectivity index is 1.35. The van der Waals surface area contributed by atoms with Crippen molar-refractivity contribution < 1.29 is 4.79 Å². The summed E-state index contributed by atoms with van der Waals surface area (Å²) in [5, 5.41) is 3.97. The van der Waals surface area contributed by atoms with Crippen LogP contribution in [0, 0.1) is 0 Å². The molecular formula is C33H35N2OP. The maximum atomic E-state index is 14.5. The molecule has 0 spiro atoms. The van der Waals surface area contributed by atoms with Gasteiger partial charge in [0.05, 0.1) is 0 Å². The number of carbonyl (C=O) groups excluding carboxylic acids is 1. The zero-order chi connectivity index (χ0) is 25.1. The van der Waals surface area contributed by atoms with Gasteiger partial charge in [-0.15, -0.1) is 0 Å². The van der Waals surface area contributed by atoms with E-state index in [0.29, 0.717) is 11.9 Å². The van der Waals surface area contributed by atoms with Gasteiger partial charge >= 0.3 is 221 Å². The zero-order valence-electron chi connectivity index (χ0n) is 21.2. The molecule has 0 radical (unpaired) electrons. The van der Waals surface area contributed by atoms with E-state index in [2.05, 4.69) is 131 Å². The molecule has 0 saturated carbocycles. The summed E-state index contributed by atoms with van der Waals surface area (Å²) >= 11 is 0. The van der Waals surface area contributed by atoms with Crippen LogP contribution in [0.3, 0.4) is 0 Å². The first-order valence-corrected chi connectivity index (χ1v) is 15.6. The molecule has 0 aliphatic carbocycles. The molecule has 3 nitrogen and oxygen atoms in total. The van der Waals surface area contributed by atoms with E-state index < -0.39 is 7.26 Å². The molecule has 0 aromatic heterocycles. The molecule has 0 unspecified atom stereocenters. The summed E-state index contributed by atoms with van der Waals surface area (Å²) in [6.45, 7) is 3.82. The van der Waals surface area contributed by atoms with Gasteiger partial charge in [0, 0.05) is 0 Å². The maximum absolute atomic E-state index is 14.5. The van der Waals surface area contributed by atoms with Gasteiger partial charge in [-0.05, 0) is 0 Å². The van der Waals surface area contributed by atoms with E-state index in [1.807, 2.05) is 0 Å². The summed E-state index contributed by atoms with van der Waals surface area (Å²) in [6.07, 6.45) is 1.97. The van der Waals surface area contributed by atoms with Gasteiger partial charge in [0.1, 0.15) is 0 Å². The Morgan fingerprint density at radius 2 is 1.11 bits per heavy atom. The third-order valence-electron chi connectivity index (χ3n) is 8.39. The minimum atomic E-state index is -2.63. The van der Waals surface area contributed by atoms with Gasteiger partial charge in [0.15, 0.2) is 0 Å². The van der Waals surface area contributed by atoms with Crippen molar-refractivity contribution in [3.63, 3.8) is 0 Å². The molecule has 37 heavy (non-hydrogen) atoms. The second-order valence-corrected chi connectivity index (χ2v) is 14.5. The SMILES string of the molecule is O=C1[C@H]([PH](c2ccccc2)(c2ccccc2)c2ccccc2)CCN1[C@@H]1CCN(Cc2ccccc2)C1. The second-order valence-electron chi connectivity index (χ2n) is 10.4. The molecule has 2 aliphatic heterocycles. The molecule has 0 N–H and O–H groups in total. The van der Waals surface area contributed by atoms with Crippen molar-refractivity contribution in [2.75, 3.05) is 19.6 Å². The number of hydrogen-bond donors (Lipinski definition) is 0. The van der Waals surface area contributed by atoms with E-state index in [0.717, 1.165) is 39.0 Å². The Morgan fingerprint density at radius 3 is 1.62 bits per heavy atom. The monoisotopic (exact) mass is 506 g/mol. The summed E-state index contributed by atoms with van der Waals surface area (Å²) in [5.74, 6) is 0.356. The molecule has 4 aromatic rings. The third-order valence-corrected chi connectivity index (χ3v) is 13.7. The van der Waals surface area contributed by atoms with Crippen LogP contribution in [-0.2, 0) is 11.3 Å². The van der Waals surface area contributed by atoms with Gasteiger partial charge in [-0.25, -0.2) is 0 Å². The van der Waals surface area contributed by atoms with Crippen molar-refractivity contribution in [1.29, 1.82) is 0 Å². The molecule has 2 atom stereocenters. The van der Waals surface area contributed by atoms with Crippen molar-refractivity contribution in [3.05, 3.63) is 127 Å². The van der Waals surface area contributed by atoms with E-state index >= 15 is 0 Å². The summed E-state index contributed by atoms with van der Waals surface area (Å²) in [6, 6.07) is 43.6. The predicted molar refractivity (Wildman–Crippen MR) is 157 cm³/mol. The first-order valence-electron chi connectivity index (χ1n) is 13.5. The van der Waals surface area contributed by atoms with Crippen LogP contribution in [0.4, 0.5) is 0 Å². The topological polar surface area (TPSA) is 23.6 Å². The van der Waals surface area contributed by atoms with Gasteiger partial charge < -0.3 is 0 Å². The average Bonchev–Trinajstić information content (AvgIpc) is 3.58. The number of benzene rings is 4. The molecule has 4 aromatic carbocycles. The van der Waals surface area contributed by atoms with Crippen LogP contribution in [0.25, 0.3) is 0 Å². The molecule has 4 heteroatoms. The van der Waals surface area contributed by atoms with E-state index in [4.69, 9.17) is 0 Å². The van der Waals surface area contributed by atoms with Gasteiger partial charge in [0.25, 0.3) is 0 Å². The van der Waals surface area contributed by atoms with Crippen molar-refractivity contribution in [2.24, 2.45) is 0 Å². The zero-order valence-corrected chi connectivity index (χ0v) is 22.2. The average molecular weight is 507 g/mol. The van der Waals surface area contributed by atoms with Crippen molar-refractivity contribution in [1.82, 2.24) is 9.80 Å². The van der Waals surface area contributed by atoms with Crippen LogP contribution in [0.5, 0.6) is 0 Å². The van der Waals surface area contributed by atoms with Crippen LogP contribution in [0.2, 0.25) is 0 Å². The Morgan fingerprint density at radius 1 is 0.622 bits per heavy atom. The Bertz CT molecular complexity index is 1220. The molecule has 1 amide bonds. The van der Waals surface area contributed by atoms with Crippen LogP contribution in [-0.4, -0.2) is 47.0 Å². The quantitative estimate of drug-likeness (QED) is 0.343. The molecule has 2 saturated heterocycles. The van der Waals surface area contributed by atoms with Crippen LogP contribution < -0.4 is 15.9 Å². The van der Waals surface area contributed by atoms with Gasteiger partial charge in [0.2, 0.25) is 0 Å². The van der Waals surface area contributed by atoms with Crippen LogP contribution in [0.15, 0.2) is 121 Å². The molecule has 188 valence electrons. The fraction of sp³-hybridized carbons (Fsp3) is 0.242. The minimum absolute atomic E-state index is 0.0112. The number of amides is 1.